The first kappa shape index (κ1) is 16.0. The summed E-state index contributed by atoms with van der Waals surface area (Å²) in [6, 6.07) is 11.6. The van der Waals surface area contributed by atoms with E-state index in [0.29, 0.717) is 10.9 Å². The van der Waals surface area contributed by atoms with E-state index < -0.39 is 0 Å². The molecule has 0 fully saturated rings. The number of aliphatic hydroxyl groups excluding tert-OH is 1. The number of aliphatic hydroxyl groups is 1. The van der Waals surface area contributed by atoms with Crippen LogP contribution >= 0.6 is 11.6 Å². The van der Waals surface area contributed by atoms with Crippen LogP contribution in [0.5, 0.6) is 0 Å². The van der Waals surface area contributed by atoms with Crippen LogP contribution in [0.3, 0.4) is 0 Å². The molecule has 3 rings (SSSR count). The lowest BCUT2D eigenvalue weighted by molar-refractivity contribution is 0.188. The molecule has 5 heteroatoms. The minimum atomic E-state index is 0.169. The smallest absolute Gasteiger partial charge is 0.154 e. The zero-order valence-corrected chi connectivity index (χ0v) is 14.0. The third kappa shape index (κ3) is 3.38. The van der Waals surface area contributed by atoms with E-state index in [1.54, 1.807) is 0 Å². The van der Waals surface area contributed by atoms with E-state index in [2.05, 4.69) is 18.8 Å². The number of halogens is 1. The van der Waals surface area contributed by atoms with Crippen molar-refractivity contribution in [1.29, 1.82) is 0 Å². The fourth-order valence-electron chi connectivity index (χ4n) is 2.64. The quantitative estimate of drug-likeness (QED) is 0.773. The summed E-state index contributed by atoms with van der Waals surface area (Å²) in [6.07, 6.45) is 2.56. The Balaban J connectivity index is 2.00. The summed E-state index contributed by atoms with van der Waals surface area (Å²) in [5.74, 6) is 0.616. The molecule has 0 unspecified atom stereocenters. The van der Waals surface area contributed by atoms with Gasteiger partial charge in [0.1, 0.15) is 0 Å². The highest BCUT2D eigenvalue weighted by molar-refractivity contribution is 6.30. The number of imidazole rings is 1. The van der Waals surface area contributed by atoms with Gasteiger partial charge in [-0.1, -0.05) is 37.6 Å². The number of rotatable bonds is 5. The summed E-state index contributed by atoms with van der Waals surface area (Å²) >= 11 is 6.09. The summed E-state index contributed by atoms with van der Waals surface area (Å²) in [6.45, 7) is 4.41. The maximum absolute atomic E-state index is 9.53. The number of nitrogens with zero attached hydrogens (tertiary/aromatic N) is 3. The Morgan fingerprint density at radius 1 is 1.22 bits per heavy atom. The molecular formula is C18H20ClN3O. The van der Waals surface area contributed by atoms with Crippen molar-refractivity contribution in [2.24, 2.45) is 11.8 Å². The summed E-state index contributed by atoms with van der Waals surface area (Å²) in [5.41, 5.74) is 3.65. The van der Waals surface area contributed by atoms with E-state index in [4.69, 9.17) is 16.7 Å². The Labute approximate surface area is 140 Å². The second kappa shape index (κ2) is 6.69. The van der Waals surface area contributed by atoms with Crippen molar-refractivity contribution in [2.45, 2.75) is 20.3 Å². The molecule has 120 valence electrons. The lowest BCUT2D eigenvalue weighted by Gasteiger charge is -2.17. The Kier molecular flexibility index (Phi) is 4.64. The molecule has 0 spiro atoms. The Morgan fingerprint density at radius 2 is 2.04 bits per heavy atom. The number of aromatic nitrogens is 3. The van der Waals surface area contributed by atoms with Gasteiger partial charge in [-0.2, -0.15) is 5.10 Å². The van der Waals surface area contributed by atoms with Crippen molar-refractivity contribution in [1.82, 2.24) is 14.6 Å². The minimum absolute atomic E-state index is 0.169. The van der Waals surface area contributed by atoms with Gasteiger partial charge in [-0.15, -0.1) is 0 Å². The number of hydrogen-bond acceptors (Lipinski definition) is 3. The van der Waals surface area contributed by atoms with Gasteiger partial charge in [-0.3, -0.25) is 0 Å². The first-order valence-electron chi connectivity index (χ1n) is 7.79. The molecule has 0 aliphatic heterocycles. The molecular weight excluding hydrogens is 310 g/mol. The summed E-state index contributed by atoms with van der Waals surface area (Å²) < 4.78 is 1.84. The van der Waals surface area contributed by atoms with Crippen molar-refractivity contribution in [3.05, 3.63) is 53.3 Å². The van der Waals surface area contributed by atoms with E-state index in [1.807, 2.05) is 47.1 Å². The Bertz CT molecular complexity index is 813. The van der Waals surface area contributed by atoms with Crippen molar-refractivity contribution in [3.63, 3.8) is 0 Å². The second-order valence-electron chi connectivity index (χ2n) is 6.14. The maximum Gasteiger partial charge on any atom is 0.154 e. The van der Waals surface area contributed by atoms with Crippen molar-refractivity contribution in [3.8, 4) is 11.3 Å². The lowest BCUT2D eigenvalue weighted by atomic mass is 9.92. The van der Waals surface area contributed by atoms with Gasteiger partial charge in [-0.25, -0.2) is 9.50 Å². The van der Waals surface area contributed by atoms with Crippen molar-refractivity contribution >= 4 is 17.2 Å². The van der Waals surface area contributed by atoms with Gasteiger partial charge < -0.3 is 5.11 Å². The van der Waals surface area contributed by atoms with Gasteiger partial charge in [0.25, 0.3) is 0 Å². The van der Waals surface area contributed by atoms with E-state index in [9.17, 15) is 5.11 Å². The van der Waals surface area contributed by atoms with Crippen LogP contribution in [0.15, 0.2) is 42.6 Å². The average Bonchev–Trinajstić information content (AvgIpc) is 2.95. The van der Waals surface area contributed by atoms with Crippen LogP contribution in [0, 0.1) is 11.8 Å². The lowest BCUT2D eigenvalue weighted by Crippen LogP contribution is -2.17. The molecule has 1 atom stereocenters. The minimum Gasteiger partial charge on any atom is -0.396 e. The topological polar surface area (TPSA) is 50.4 Å². The van der Waals surface area contributed by atoms with E-state index >= 15 is 0 Å². The molecule has 0 amide bonds. The third-order valence-corrected chi connectivity index (χ3v) is 4.42. The molecule has 2 aromatic heterocycles. The highest BCUT2D eigenvalue weighted by Gasteiger charge is 2.15. The second-order valence-corrected chi connectivity index (χ2v) is 6.58. The van der Waals surface area contributed by atoms with Crippen LogP contribution in [0.25, 0.3) is 16.9 Å². The van der Waals surface area contributed by atoms with Crippen LogP contribution in [0.1, 0.15) is 19.5 Å². The number of benzene rings is 1. The predicted octanol–water partition coefficient (Wildman–Crippen LogP) is 3.86. The van der Waals surface area contributed by atoms with Gasteiger partial charge in [0.15, 0.2) is 5.65 Å². The highest BCUT2D eigenvalue weighted by atomic mass is 35.5. The number of fused-ring (bicyclic) bond motifs is 1. The first-order valence-corrected chi connectivity index (χ1v) is 8.16. The van der Waals surface area contributed by atoms with Crippen LogP contribution in [0.4, 0.5) is 0 Å². The molecule has 4 nitrogen and oxygen atoms in total. The highest BCUT2D eigenvalue weighted by Crippen LogP contribution is 2.24. The summed E-state index contributed by atoms with van der Waals surface area (Å²) in [5, 5.41) is 14.9. The zero-order valence-electron chi connectivity index (χ0n) is 13.3. The molecule has 1 N–H and O–H groups in total. The Morgan fingerprint density at radius 3 is 2.74 bits per heavy atom. The molecule has 0 aliphatic rings. The first-order chi connectivity index (χ1) is 11.1. The number of hydrogen-bond donors (Lipinski definition) is 1. The maximum atomic E-state index is 9.53. The summed E-state index contributed by atoms with van der Waals surface area (Å²) in [4.78, 5) is 4.41. The van der Waals surface area contributed by atoms with Crippen LogP contribution in [-0.2, 0) is 6.42 Å². The van der Waals surface area contributed by atoms with Gasteiger partial charge in [0.2, 0.25) is 0 Å². The molecule has 1 aromatic carbocycles. The molecule has 0 saturated carbocycles. The fraction of sp³-hybridized carbons (Fsp3) is 0.333. The Hall–Kier alpha value is -1.91. The molecule has 0 radical (unpaired) electrons. The van der Waals surface area contributed by atoms with E-state index in [0.717, 1.165) is 29.0 Å². The normalized spacial score (nSPS) is 12.9. The molecule has 0 aliphatic carbocycles. The van der Waals surface area contributed by atoms with Gasteiger partial charge in [0, 0.05) is 17.2 Å². The zero-order chi connectivity index (χ0) is 16.4. The standard InChI is InChI=1S/C18H20ClN3O/c1-12(2)14(11-23)9-16-6-7-18-20-10-17(22(18)21-16)13-4-3-5-15(19)8-13/h3-8,10,12,14,23H,9,11H2,1-2H3/t14-/m1/s1. The van der Waals surface area contributed by atoms with Crippen LogP contribution in [-0.4, -0.2) is 26.3 Å². The van der Waals surface area contributed by atoms with Crippen molar-refractivity contribution in [2.75, 3.05) is 6.61 Å². The SMILES string of the molecule is CC(C)[C@@H](CO)Cc1ccc2ncc(-c3cccc(Cl)c3)n2n1. The predicted molar refractivity (Wildman–Crippen MR) is 92.6 cm³/mol. The monoisotopic (exact) mass is 329 g/mol. The van der Waals surface area contributed by atoms with E-state index in [-0.39, 0.29) is 12.5 Å². The molecule has 2 heterocycles. The van der Waals surface area contributed by atoms with Crippen LogP contribution in [0.2, 0.25) is 5.02 Å². The average molecular weight is 330 g/mol. The largest absolute Gasteiger partial charge is 0.396 e. The third-order valence-electron chi connectivity index (χ3n) is 4.19. The van der Waals surface area contributed by atoms with Gasteiger partial charge >= 0.3 is 0 Å². The fourth-order valence-corrected chi connectivity index (χ4v) is 2.83. The van der Waals surface area contributed by atoms with Crippen molar-refractivity contribution < 1.29 is 5.11 Å². The molecule has 0 bridgehead atoms. The molecule has 0 saturated heterocycles. The van der Waals surface area contributed by atoms with E-state index in [1.165, 1.54) is 0 Å². The van der Waals surface area contributed by atoms with Gasteiger partial charge in [-0.05, 0) is 42.5 Å². The molecule has 3 aromatic rings. The summed E-state index contributed by atoms with van der Waals surface area (Å²) in [7, 11) is 0. The van der Waals surface area contributed by atoms with Gasteiger partial charge in [0.05, 0.1) is 17.6 Å². The van der Waals surface area contributed by atoms with Crippen LogP contribution < -0.4 is 0 Å². The molecule has 23 heavy (non-hydrogen) atoms.